The lowest BCUT2D eigenvalue weighted by Crippen LogP contribution is -2.43. The Kier molecular flexibility index (Phi) is 8.59. The number of carboxylic acids is 1. The van der Waals surface area contributed by atoms with Crippen LogP contribution in [0.5, 0.6) is 5.88 Å². The average molecular weight is 594 g/mol. The zero-order chi connectivity index (χ0) is 30.6. The fourth-order valence-corrected chi connectivity index (χ4v) is 5.86. The van der Waals surface area contributed by atoms with Gasteiger partial charge in [0.1, 0.15) is 18.0 Å². The van der Waals surface area contributed by atoms with Gasteiger partial charge in [0.2, 0.25) is 5.88 Å². The van der Waals surface area contributed by atoms with Crippen molar-refractivity contribution in [3.8, 4) is 11.9 Å². The van der Waals surface area contributed by atoms with Gasteiger partial charge in [0.25, 0.3) is 0 Å². The van der Waals surface area contributed by atoms with Crippen molar-refractivity contribution in [2.45, 2.75) is 44.8 Å². The van der Waals surface area contributed by atoms with Crippen LogP contribution in [0, 0.1) is 18.3 Å². The van der Waals surface area contributed by atoms with Crippen LogP contribution in [-0.4, -0.2) is 64.8 Å². The van der Waals surface area contributed by atoms with Crippen LogP contribution < -0.4 is 9.64 Å². The number of furan rings is 1. The largest absolute Gasteiger partial charge is 0.477 e. The van der Waals surface area contributed by atoms with Crippen LogP contribution in [-0.2, 0) is 11.3 Å². The van der Waals surface area contributed by atoms with E-state index in [1.165, 1.54) is 6.07 Å². The van der Waals surface area contributed by atoms with Gasteiger partial charge in [-0.05, 0) is 69.1 Å². The molecule has 0 amide bonds. The van der Waals surface area contributed by atoms with E-state index in [0.717, 1.165) is 66.9 Å². The minimum Gasteiger partial charge on any atom is -0.477 e. The summed E-state index contributed by atoms with van der Waals surface area (Å²) < 4.78 is 17.4. The topological polar surface area (TPSA) is 125 Å². The van der Waals surface area contributed by atoms with E-state index in [1.807, 2.05) is 30.0 Å². The van der Waals surface area contributed by atoms with E-state index in [0.29, 0.717) is 48.5 Å². The van der Waals surface area contributed by atoms with Gasteiger partial charge < -0.3 is 23.9 Å². The number of anilines is 1. The molecule has 2 aliphatic heterocycles. The highest BCUT2D eigenvalue weighted by atomic mass is 16.5. The first-order valence-electron chi connectivity index (χ1n) is 14.9. The molecule has 1 aromatic carbocycles. The van der Waals surface area contributed by atoms with Gasteiger partial charge in [0.05, 0.1) is 30.5 Å². The van der Waals surface area contributed by atoms with Crippen molar-refractivity contribution in [1.29, 1.82) is 5.26 Å². The highest BCUT2D eigenvalue weighted by Crippen LogP contribution is 2.31. The van der Waals surface area contributed by atoms with Crippen LogP contribution in [0.3, 0.4) is 0 Å². The van der Waals surface area contributed by atoms with Crippen LogP contribution in [0.15, 0.2) is 71.5 Å². The fourth-order valence-electron chi connectivity index (χ4n) is 5.86. The molecule has 6 rings (SSSR count). The number of hydrogen-bond acceptors (Lipinski definition) is 9. The molecular formula is C34H35N5O5. The summed E-state index contributed by atoms with van der Waals surface area (Å²) in [5.41, 5.74) is 4.90. The molecule has 10 nitrogen and oxygen atoms in total. The second-order valence-electron chi connectivity index (χ2n) is 11.4. The number of carbonyl (C=O) groups is 1. The van der Waals surface area contributed by atoms with Crippen LogP contribution in [0.2, 0.25) is 0 Å². The molecular weight excluding hydrogens is 558 g/mol. The second-order valence-corrected chi connectivity index (χ2v) is 11.4. The lowest BCUT2D eigenvalue weighted by atomic mass is 9.93. The lowest BCUT2D eigenvalue weighted by molar-refractivity contribution is -0.0440. The third-order valence-electron chi connectivity index (χ3n) is 8.46. The number of nitriles is 1. The first-order chi connectivity index (χ1) is 21.4. The number of nitrogens with zero attached hydrogens (tertiary/aromatic N) is 5. The van der Waals surface area contributed by atoms with Gasteiger partial charge in [-0.15, -0.1) is 0 Å². The predicted molar refractivity (Wildman–Crippen MR) is 165 cm³/mol. The number of ether oxygens (including phenoxy) is 2. The number of aromatic nitrogens is 2. The number of rotatable bonds is 11. The molecule has 1 atom stereocenters. The van der Waals surface area contributed by atoms with Crippen molar-refractivity contribution >= 4 is 22.8 Å². The van der Waals surface area contributed by atoms with E-state index in [4.69, 9.17) is 18.9 Å². The highest BCUT2D eigenvalue weighted by Gasteiger charge is 2.28. The van der Waals surface area contributed by atoms with Crippen molar-refractivity contribution in [1.82, 2.24) is 14.9 Å². The summed E-state index contributed by atoms with van der Waals surface area (Å²) in [5, 5.41) is 19.7. The smallest absolute Gasteiger partial charge is 0.354 e. The summed E-state index contributed by atoms with van der Waals surface area (Å²) in [7, 11) is 0. The fraction of sp³-hybridized carbons (Fsp3) is 0.353. The molecule has 0 spiro atoms. The van der Waals surface area contributed by atoms with E-state index >= 15 is 0 Å². The third kappa shape index (κ3) is 6.30. The van der Waals surface area contributed by atoms with Crippen LogP contribution in [0.1, 0.15) is 58.1 Å². The maximum atomic E-state index is 11.6. The standard InChI is InChI=1S/C34H35N5O5/c1-22-6-9-30(34(40)41)37-33(22)39(20-27-12-16-42-27)23(2)19-38-14-10-24(11-15-38)29-4-3-5-31(36-29)44-21-26-8-7-25(18-35)28-13-17-43-32(26)28/h3-9,13,17,24,27H,2,10-12,14-16,19-21H2,1H3,(H,40,41). The maximum absolute atomic E-state index is 11.6. The number of carboxylic acid groups (broad SMARTS) is 1. The Morgan fingerprint density at radius 1 is 1.16 bits per heavy atom. The lowest BCUT2D eigenvalue weighted by Gasteiger charge is -2.38. The van der Waals surface area contributed by atoms with Gasteiger partial charge in [-0.2, -0.15) is 5.26 Å². The quantitative estimate of drug-likeness (QED) is 0.233. The number of hydrogen-bond donors (Lipinski definition) is 1. The molecule has 2 saturated heterocycles. The molecule has 0 aliphatic carbocycles. The van der Waals surface area contributed by atoms with Crippen molar-refractivity contribution < 1.29 is 23.8 Å². The Morgan fingerprint density at radius 2 is 1.98 bits per heavy atom. The van der Waals surface area contributed by atoms with E-state index in [-0.39, 0.29) is 11.8 Å². The Hall–Kier alpha value is -4.72. The van der Waals surface area contributed by atoms with E-state index in [2.05, 4.69) is 28.6 Å². The number of benzene rings is 1. The molecule has 44 heavy (non-hydrogen) atoms. The molecule has 10 heteroatoms. The number of aryl methyl sites for hydroxylation is 1. The summed E-state index contributed by atoms with van der Waals surface area (Å²) in [5.74, 6) is 0.439. The zero-order valence-corrected chi connectivity index (χ0v) is 24.7. The van der Waals surface area contributed by atoms with Crippen molar-refractivity contribution in [2.24, 2.45) is 0 Å². The van der Waals surface area contributed by atoms with E-state index in [9.17, 15) is 15.2 Å². The maximum Gasteiger partial charge on any atom is 0.354 e. The monoisotopic (exact) mass is 593 g/mol. The zero-order valence-electron chi connectivity index (χ0n) is 24.7. The Bertz CT molecular complexity index is 1710. The Labute approximate surface area is 256 Å². The molecule has 1 unspecified atom stereocenters. The molecule has 1 N–H and O–H groups in total. The summed E-state index contributed by atoms with van der Waals surface area (Å²) in [6.07, 6.45) is 4.52. The van der Waals surface area contributed by atoms with Crippen molar-refractivity contribution in [3.05, 3.63) is 95.1 Å². The first kappa shape index (κ1) is 29.4. The van der Waals surface area contributed by atoms with Gasteiger partial charge in [0.15, 0.2) is 5.69 Å². The summed E-state index contributed by atoms with van der Waals surface area (Å²) in [6, 6.07) is 16.9. The molecule has 226 valence electrons. The molecule has 3 aromatic heterocycles. The van der Waals surface area contributed by atoms with E-state index in [1.54, 1.807) is 24.5 Å². The second kappa shape index (κ2) is 12.9. The third-order valence-corrected chi connectivity index (χ3v) is 8.46. The normalized spacial score (nSPS) is 17.1. The predicted octanol–water partition coefficient (Wildman–Crippen LogP) is 5.67. The number of pyridine rings is 2. The number of piperidine rings is 1. The molecule has 0 radical (unpaired) electrons. The highest BCUT2D eigenvalue weighted by molar-refractivity contribution is 5.86. The number of likely N-dealkylation sites (tertiary alicyclic amines) is 1. The van der Waals surface area contributed by atoms with Crippen molar-refractivity contribution in [2.75, 3.05) is 37.7 Å². The van der Waals surface area contributed by atoms with Gasteiger partial charge >= 0.3 is 5.97 Å². The molecule has 2 fully saturated rings. The van der Waals surface area contributed by atoms with Crippen LogP contribution in [0.4, 0.5) is 5.82 Å². The molecule has 4 aromatic rings. The van der Waals surface area contributed by atoms with Crippen LogP contribution in [0.25, 0.3) is 11.0 Å². The summed E-state index contributed by atoms with van der Waals surface area (Å²) >= 11 is 0. The van der Waals surface area contributed by atoms with Gasteiger partial charge in [0, 0.05) is 47.5 Å². The first-order valence-corrected chi connectivity index (χ1v) is 14.9. The minimum atomic E-state index is -1.05. The average Bonchev–Trinajstić information content (AvgIpc) is 3.51. The van der Waals surface area contributed by atoms with Crippen LogP contribution >= 0.6 is 0 Å². The Balaban J connectivity index is 1.07. The molecule has 2 aliphatic rings. The Morgan fingerprint density at radius 3 is 2.70 bits per heavy atom. The van der Waals surface area contributed by atoms with Gasteiger partial charge in [-0.1, -0.05) is 24.8 Å². The van der Waals surface area contributed by atoms with Gasteiger partial charge in [-0.3, -0.25) is 4.90 Å². The number of aromatic carboxylic acids is 1. The summed E-state index contributed by atoms with van der Waals surface area (Å²) in [4.78, 5) is 25.3. The number of fused-ring (bicyclic) bond motifs is 1. The van der Waals surface area contributed by atoms with E-state index < -0.39 is 5.97 Å². The molecule has 5 heterocycles. The van der Waals surface area contributed by atoms with Crippen molar-refractivity contribution in [3.63, 3.8) is 0 Å². The summed E-state index contributed by atoms with van der Waals surface area (Å²) in [6.45, 7) is 10.4. The molecule has 0 saturated carbocycles. The SMILES string of the molecule is C=C(CN1CCC(c2cccc(OCc3ccc(C#N)c4ccoc34)n2)CC1)N(CC1CCO1)c1nc(C(=O)O)ccc1C. The van der Waals surface area contributed by atoms with Gasteiger partial charge in [-0.25, -0.2) is 14.8 Å². The molecule has 0 bridgehead atoms. The minimum absolute atomic E-state index is 0.0172.